The van der Waals surface area contributed by atoms with Crippen molar-refractivity contribution in [1.82, 2.24) is 5.43 Å². The average molecular weight is 479 g/mol. The van der Waals surface area contributed by atoms with Crippen LogP contribution in [0.5, 0.6) is 11.5 Å². The first kappa shape index (κ1) is 22.3. The van der Waals surface area contributed by atoms with E-state index < -0.39 is 11.9 Å². The predicted molar refractivity (Wildman–Crippen MR) is 129 cm³/mol. The van der Waals surface area contributed by atoms with Gasteiger partial charge in [-0.1, -0.05) is 47.5 Å². The molecule has 8 heteroatoms. The van der Waals surface area contributed by atoms with Gasteiger partial charge in [0.25, 0.3) is 5.91 Å². The molecule has 0 spiro atoms. The zero-order valence-electron chi connectivity index (χ0n) is 17.0. The van der Waals surface area contributed by atoms with E-state index >= 15 is 0 Å². The van der Waals surface area contributed by atoms with Crippen LogP contribution in [0.1, 0.15) is 26.3 Å². The van der Waals surface area contributed by atoms with E-state index in [1.165, 1.54) is 24.4 Å². The van der Waals surface area contributed by atoms with E-state index in [-0.39, 0.29) is 21.9 Å². The first-order valence-corrected chi connectivity index (χ1v) is 10.5. The SMILES string of the molecule is O=C(N/N=C/c1ccc(OC(=O)c2ccc(Cl)cc2Cl)cc1)c1cc2ccccc2cc1O. The van der Waals surface area contributed by atoms with Gasteiger partial charge in [0.15, 0.2) is 0 Å². The van der Waals surface area contributed by atoms with Crippen molar-refractivity contribution in [2.45, 2.75) is 0 Å². The number of carbonyl (C=O) groups is 2. The Labute approximate surface area is 199 Å². The molecule has 0 radical (unpaired) electrons. The first-order chi connectivity index (χ1) is 15.9. The predicted octanol–water partition coefficient (Wildman–Crippen LogP) is 5.84. The quantitative estimate of drug-likeness (QED) is 0.163. The van der Waals surface area contributed by atoms with Crippen LogP contribution in [0.2, 0.25) is 10.0 Å². The Bertz CT molecular complexity index is 1390. The summed E-state index contributed by atoms with van der Waals surface area (Å²) in [6, 6.07) is 21.5. The number of halogens is 2. The van der Waals surface area contributed by atoms with Crippen molar-refractivity contribution in [3.63, 3.8) is 0 Å². The third kappa shape index (κ3) is 5.31. The summed E-state index contributed by atoms with van der Waals surface area (Å²) in [5.74, 6) is -0.970. The number of fused-ring (bicyclic) bond motifs is 1. The summed E-state index contributed by atoms with van der Waals surface area (Å²) < 4.78 is 5.32. The van der Waals surface area contributed by atoms with Gasteiger partial charge in [-0.05, 0) is 70.9 Å². The molecule has 6 nitrogen and oxygen atoms in total. The number of phenols is 1. The molecule has 0 aliphatic rings. The highest BCUT2D eigenvalue weighted by Gasteiger charge is 2.14. The van der Waals surface area contributed by atoms with Crippen molar-refractivity contribution in [1.29, 1.82) is 0 Å². The largest absolute Gasteiger partial charge is 0.507 e. The van der Waals surface area contributed by atoms with E-state index in [0.29, 0.717) is 16.3 Å². The van der Waals surface area contributed by atoms with Crippen molar-refractivity contribution in [2.75, 3.05) is 0 Å². The number of carbonyl (C=O) groups excluding carboxylic acids is 2. The van der Waals surface area contributed by atoms with Crippen molar-refractivity contribution < 1.29 is 19.4 Å². The third-order valence-corrected chi connectivity index (χ3v) is 5.28. The normalized spacial score (nSPS) is 11.0. The zero-order chi connectivity index (χ0) is 23.4. The number of amides is 1. The third-order valence-electron chi connectivity index (χ3n) is 4.73. The molecular formula is C25H16Cl2N2O4. The van der Waals surface area contributed by atoms with Crippen LogP contribution in [0.4, 0.5) is 0 Å². The highest BCUT2D eigenvalue weighted by atomic mass is 35.5. The van der Waals surface area contributed by atoms with Crippen LogP contribution in [0, 0.1) is 0 Å². The number of aromatic hydroxyl groups is 1. The van der Waals surface area contributed by atoms with Crippen molar-refractivity contribution in [2.24, 2.45) is 5.10 Å². The molecule has 0 unspecified atom stereocenters. The van der Waals surface area contributed by atoms with Gasteiger partial charge in [-0.25, -0.2) is 10.2 Å². The molecule has 0 aliphatic heterocycles. The molecule has 4 aromatic rings. The van der Waals surface area contributed by atoms with Crippen LogP contribution in [0.25, 0.3) is 10.8 Å². The lowest BCUT2D eigenvalue weighted by Crippen LogP contribution is -2.17. The van der Waals surface area contributed by atoms with Crippen molar-refractivity contribution >= 4 is 52.1 Å². The Kier molecular flexibility index (Phi) is 6.58. The minimum Gasteiger partial charge on any atom is -0.507 e. The standard InChI is InChI=1S/C25H16Cl2N2O4/c26-18-7-10-20(22(27)13-18)25(32)33-19-8-5-15(6-9-19)14-28-29-24(31)21-11-16-3-1-2-4-17(16)12-23(21)30/h1-14,30H,(H,29,31)/b28-14+. The average Bonchev–Trinajstić information content (AvgIpc) is 2.79. The smallest absolute Gasteiger partial charge is 0.345 e. The molecule has 2 N–H and O–H groups in total. The zero-order valence-corrected chi connectivity index (χ0v) is 18.5. The first-order valence-electron chi connectivity index (χ1n) is 9.73. The monoisotopic (exact) mass is 478 g/mol. The Morgan fingerprint density at radius 2 is 1.58 bits per heavy atom. The Hall–Kier alpha value is -3.87. The molecule has 33 heavy (non-hydrogen) atoms. The number of nitrogens with zero attached hydrogens (tertiary/aromatic N) is 1. The summed E-state index contributed by atoms with van der Waals surface area (Å²) in [4.78, 5) is 24.7. The van der Waals surface area contributed by atoms with E-state index in [2.05, 4.69) is 10.5 Å². The van der Waals surface area contributed by atoms with Gasteiger partial charge in [0.1, 0.15) is 11.5 Å². The number of hydrogen-bond donors (Lipinski definition) is 2. The second-order valence-corrected chi connectivity index (χ2v) is 7.84. The van der Waals surface area contributed by atoms with Gasteiger partial charge in [0.05, 0.1) is 22.4 Å². The molecule has 0 aromatic heterocycles. The van der Waals surface area contributed by atoms with E-state index in [0.717, 1.165) is 10.8 Å². The fourth-order valence-electron chi connectivity index (χ4n) is 3.07. The summed E-state index contributed by atoms with van der Waals surface area (Å²) in [7, 11) is 0. The number of esters is 1. The lowest BCUT2D eigenvalue weighted by atomic mass is 10.1. The van der Waals surface area contributed by atoms with Gasteiger partial charge in [0, 0.05) is 5.02 Å². The molecule has 0 aliphatic carbocycles. The summed E-state index contributed by atoms with van der Waals surface area (Å²) >= 11 is 11.9. The van der Waals surface area contributed by atoms with Crippen LogP contribution in [0.3, 0.4) is 0 Å². The maximum atomic E-state index is 12.4. The summed E-state index contributed by atoms with van der Waals surface area (Å²) in [5, 5.41) is 16.3. The molecular weight excluding hydrogens is 463 g/mol. The second-order valence-electron chi connectivity index (χ2n) is 7.00. The number of phenolic OH excluding ortho intramolecular Hbond substituents is 1. The minimum absolute atomic E-state index is 0.119. The maximum absolute atomic E-state index is 12.4. The number of ether oxygens (including phenoxy) is 1. The van der Waals surface area contributed by atoms with Gasteiger partial charge in [0.2, 0.25) is 0 Å². The fourth-order valence-corrected chi connectivity index (χ4v) is 3.56. The fraction of sp³-hybridized carbons (Fsp3) is 0. The maximum Gasteiger partial charge on any atom is 0.345 e. The Balaban J connectivity index is 1.39. The van der Waals surface area contributed by atoms with Crippen LogP contribution in [-0.4, -0.2) is 23.2 Å². The molecule has 0 atom stereocenters. The minimum atomic E-state index is -0.611. The Morgan fingerprint density at radius 1 is 0.879 bits per heavy atom. The van der Waals surface area contributed by atoms with Gasteiger partial charge in [-0.2, -0.15) is 5.10 Å². The molecule has 0 bridgehead atoms. The molecule has 1 amide bonds. The molecule has 0 heterocycles. The number of benzene rings is 4. The number of hydrogen-bond acceptors (Lipinski definition) is 5. The molecule has 0 saturated carbocycles. The molecule has 4 rings (SSSR count). The van der Waals surface area contributed by atoms with E-state index in [1.54, 1.807) is 36.4 Å². The van der Waals surface area contributed by atoms with Gasteiger partial charge >= 0.3 is 5.97 Å². The molecule has 0 saturated heterocycles. The van der Waals surface area contributed by atoms with Crippen molar-refractivity contribution in [3.8, 4) is 11.5 Å². The summed E-state index contributed by atoms with van der Waals surface area (Å²) in [5.41, 5.74) is 3.37. The Morgan fingerprint density at radius 3 is 2.27 bits per heavy atom. The summed E-state index contributed by atoms with van der Waals surface area (Å²) in [6.07, 6.45) is 1.43. The lowest BCUT2D eigenvalue weighted by Gasteiger charge is -2.07. The van der Waals surface area contributed by atoms with E-state index in [4.69, 9.17) is 27.9 Å². The van der Waals surface area contributed by atoms with Crippen LogP contribution >= 0.6 is 23.2 Å². The van der Waals surface area contributed by atoms with Gasteiger partial charge in [-0.3, -0.25) is 4.79 Å². The van der Waals surface area contributed by atoms with E-state index in [1.807, 2.05) is 24.3 Å². The molecule has 0 fully saturated rings. The van der Waals surface area contributed by atoms with Gasteiger partial charge in [-0.15, -0.1) is 0 Å². The lowest BCUT2D eigenvalue weighted by molar-refractivity contribution is 0.0734. The number of rotatable bonds is 5. The topological polar surface area (TPSA) is 88.0 Å². The van der Waals surface area contributed by atoms with Crippen LogP contribution < -0.4 is 10.2 Å². The highest BCUT2D eigenvalue weighted by molar-refractivity contribution is 6.36. The number of nitrogens with one attached hydrogen (secondary N) is 1. The van der Waals surface area contributed by atoms with Crippen molar-refractivity contribution in [3.05, 3.63) is 106 Å². The van der Waals surface area contributed by atoms with Crippen LogP contribution in [0.15, 0.2) is 84.0 Å². The second kappa shape index (κ2) is 9.73. The van der Waals surface area contributed by atoms with Crippen LogP contribution in [-0.2, 0) is 0 Å². The number of hydrazone groups is 1. The summed E-state index contributed by atoms with van der Waals surface area (Å²) in [6.45, 7) is 0. The van der Waals surface area contributed by atoms with E-state index in [9.17, 15) is 14.7 Å². The van der Waals surface area contributed by atoms with Gasteiger partial charge < -0.3 is 9.84 Å². The highest BCUT2D eigenvalue weighted by Crippen LogP contribution is 2.25. The molecule has 4 aromatic carbocycles. The molecule has 164 valence electrons.